The van der Waals surface area contributed by atoms with Crippen LogP contribution in [0.5, 0.6) is 0 Å². The minimum Gasteiger partial charge on any atom is -0.299 e. The van der Waals surface area contributed by atoms with Gasteiger partial charge in [-0.25, -0.2) is 8.42 Å². The second kappa shape index (κ2) is 8.30. The van der Waals surface area contributed by atoms with Gasteiger partial charge >= 0.3 is 6.18 Å². The van der Waals surface area contributed by atoms with Crippen LogP contribution in [0.2, 0.25) is 0 Å². The number of piperazine rings is 1. The maximum atomic E-state index is 12.8. The van der Waals surface area contributed by atoms with Crippen molar-refractivity contribution < 1.29 is 31.2 Å². The van der Waals surface area contributed by atoms with Crippen molar-refractivity contribution in [1.82, 2.24) is 14.1 Å². The lowest BCUT2D eigenvalue weighted by atomic mass is 10.1. The normalized spacial score (nSPS) is 18.3. The van der Waals surface area contributed by atoms with Crippen LogP contribution in [-0.4, -0.2) is 73.6 Å². The fourth-order valence-corrected chi connectivity index (χ4v) is 5.26. The predicted molar refractivity (Wildman–Crippen MR) is 108 cm³/mol. The van der Waals surface area contributed by atoms with Crippen LogP contribution in [0, 0.1) is 0 Å². The number of imide groups is 1. The molecule has 0 N–H and O–H groups in total. The van der Waals surface area contributed by atoms with Gasteiger partial charge in [-0.3, -0.25) is 19.4 Å². The molecule has 2 aliphatic heterocycles. The van der Waals surface area contributed by atoms with E-state index < -0.39 is 21.8 Å². The second-order valence-electron chi connectivity index (χ2n) is 7.58. The van der Waals surface area contributed by atoms with Gasteiger partial charge in [0, 0.05) is 39.3 Å². The van der Waals surface area contributed by atoms with Crippen molar-refractivity contribution in [3.05, 3.63) is 65.2 Å². The summed E-state index contributed by atoms with van der Waals surface area (Å²) in [6.45, 7) is 1.67. The number of carbonyl (C=O) groups is 2. The Bertz CT molecular complexity index is 1110. The van der Waals surface area contributed by atoms with Crippen LogP contribution in [-0.2, 0) is 16.2 Å². The molecule has 2 aliphatic rings. The molecule has 0 spiro atoms. The molecule has 1 saturated heterocycles. The van der Waals surface area contributed by atoms with Crippen LogP contribution < -0.4 is 0 Å². The highest BCUT2D eigenvalue weighted by atomic mass is 32.2. The summed E-state index contributed by atoms with van der Waals surface area (Å²) in [6.07, 6.45) is -4.53. The van der Waals surface area contributed by atoms with Crippen LogP contribution in [0.1, 0.15) is 26.3 Å². The maximum Gasteiger partial charge on any atom is 0.416 e. The van der Waals surface area contributed by atoms with E-state index in [1.807, 2.05) is 4.90 Å². The molecule has 32 heavy (non-hydrogen) atoms. The van der Waals surface area contributed by atoms with E-state index in [1.54, 1.807) is 24.3 Å². The van der Waals surface area contributed by atoms with Crippen molar-refractivity contribution in [3.63, 3.8) is 0 Å². The number of nitrogens with zero attached hydrogens (tertiary/aromatic N) is 3. The van der Waals surface area contributed by atoms with E-state index in [1.165, 1.54) is 9.21 Å². The molecule has 7 nitrogen and oxygen atoms in total. The summed E-state index contributed by atoms with van der Waals surface area (Å²) in [5.74, 6) is -0.678. The molecule has 2 amide bonds. The first-order valence-electron chi connectivity index (χ1n) is 9.94. The Morgan fingerprint density at radius 3 is 1.81 bits per heavy atom. The van der Waals surface area contributed by atoms with Crippen LogP contribution in [0.3, 0.4) is 0 Å². The van der Waals surface area contributed by atoms with Gasteiger partial charge in [0.25, 0.3) is 11.8 Å². The number of rotatable bonds is 5. The number of halogens is 3. The van der Waals surface area contributed by atoms with Gasteiger partial charge in [0.05, 0.1) is 21.6 Å². The first kappa shape index (κ1) is 22.4. The number of sulfonamides is 1. The molecule has 4 rings (SSSR count). The van der Waals surface area contributed by atoms with E-state index in [-0.39, 0.29) is 36.3 Å². The van der Waals surface area contributed by atoms with Gasteiger partial charge < -0.3 is 0 Å². The molecule has 0 saturated carbocycles. The molecule has 0 aliphatic carbocycles. The summed E-state index contributed by atoms with van der Waals surface area (Å²) in [6, 6.07) is 10.1. The Morgan fingerprint density at radius 2 is 1.31 bits per heavy atom. The van der Waals surface area contributed by atoms with Crippen molar-refractivity contribution in [2.24, 2.45) is 0 Å². The van der Waals surface area contributed by atoms with E-state index in [0.717, 1.165) is 24.3 Å². The Hall–Kier alpha value is -2.76. The third kappa shape index (κ3) is 4.15. The highest BCUT2D eigenvalue weighted by molar-refractivity contribution is 7.89. The second-order valence-corrected chi connectivity index (χ2v) is 9.51. The fraction of sp³-hybridized carbons (Fsp3) is 0.333. The zero-order valence-electron chi connectivity index (χ0n) is 16.9. The first-order chi connectivity index (χ1) is 15.1. The molecule has 11 heteroatoms. The van der Waals surface area contributed by atoms with Gasteiger partial charge in [0.1, 0.15) is 0 Å². The summed E-state index contributed by atoms with van der Waals surface area (Å²) in [7, 11) is -3.91. The number of carbonyl (C=O) groups excluding carboxylic acids is 2. The molecule has 2 aromatic carbocycles. The summed E-state index contributed by atoms with van der Waals surface area (Å²) in [4.78, 5) is 27.8. The van der Waals surface area contributed by atoms with Crippen molar-refractivity contribution in [2.45, 2.75) is 11.1 Å². The minimum atomic E-state index is -4.53. The third-order valence-electron chi connectivity index (χ3n) is 5.67. The highest BCUT2D eigenvalue weighted by Crippen LogP contribution is 2.30. The molecule has 170 valence electrons. The number of benzene rings is 2. The Balaban J connectivity index is 1.33. The predicted octanol–water partition coefficient (Wildman–Crippen LogP) is 2.31. The van der Waals surface area contributed by atoms with Gasteiger partial charge in [-0.1, -0.05) is 12.1 Å². The molecule has 0 atom stereocenters. The zero-order valence-corrected chi connectivity index (χ0v) is 17.7. The summed E-state index contributed by atoms with van der Waals surface area (Å²) >= 11 is 0. The quantitative estimate of drug-likeness (QED) is 0.631. The SMILES string of the molecule is O=C1c2ccccc2C(=O)N1CCN1CCN(S(=O)(=O)c2ccc(C(F)(F)F)cc2)CC1. The van der Waals surface area contributed by atoms with Gasteiger partial charge in [0.15, 0.2) is 0 Å². The summed E-state index contributed by atoms with van der Waals surface area (Å²) in [5.41, 5.74) is -0.149. The van der Waals surface area contributed by atoms with Crippen LogP contribution >= 0.6 is 0 Å². The first-order valence-corrected chi connectivity index (χ1v) is 11.4. The third-order valence-corrected chi connectivity index (χ3v) is 7.58. The molecule has 0 radical (unpaired) electrons. The maximum absolute atomic E-state index is 12.8. The standard InChI is InChI=1S/C21H20F3N3O4S/c22-21(23,24)15-5-7-16(8-6-15)32(30,31)26-12-9-25(10-13-26)11-14-27-19(28)17-3-1-2-4-18(17)20(27)29/h1-8H,9-14H2. The summed E-state index contributed by atoms with van der Waals surface area (Å²) in [5, 5.41) is 0. The minimum absolute atomic E-state index is 0.158. The van der Waals surface area contributed by atoms with Gasteiger partial charge in [0.2, 0.25) is 10.0 Å². The van der Waals surface area contributed by atoms with Crippen molar-refractivity contribution in [3.8, 4) is 0 Å². The van der Waals surface area contributed by atoms with E-state index >= 15 is 0 Å². The fourth-order valence-electron chi connectivity index (χ4n) is 3.84. The lowest BCUT2D eigenvalue weighted by molar-refractivity contribution is -0.137. The van der Waals surface area contributed by atoms with Crippen molar-refractivity contribution in [2.75, 3.05) is 39.3 Å². The van der Waals surface area contributed by atoms with E-state index in [0.29, 0.717) is 30.8 Å². The molecule has 2 heterocycles. The van der Waals surface area contributed by atoms with E-state index in [9.17, 15) is 31.2 Å². The lowest BCUT2D eigenvalue weighted by Gasteiger charge is -2.34. The highest BCUT2D eigenvalue weighted by Gasteiger charge is 2.36. The number of hydrogen-bond donors (Lipinski definition) is 0. The topological polar surface area (TPSA) is 78.0 Å². The molecule has 0 unspecified atom stereocenters. The van der Waals surface area contributed by atoms with Crippen LogP contribution in [0.15, 0.2) is 53.4 Å². The number of hydrogen-bond acceptors (Lipinski definition) is 5. The lowest BCUT2D eigenvalue weighted by Crippen LogP contribution is -2.50. The van der Waals surface area contributed by atoms with Crippen molar-refractivity contribution >= 4 is 21.8 Å². The van der Waals surface area contributed by atoms with Gasteiger partial charge in [-0.2, -0.15) is 17.5 Å². The Labute approximate surface area is 183 Å². The molecule has 2 aromatic rings. The number of alkyl halides is 3. The van der Waals surface area contributed by atoms with E-state index in [2.05, 4.69) is 0 Å². The molecule has 0 aromatic heterocycles. The zero-order chi connectivity index (χ0) is 23.1. The monoisotopic (exact) mass is 467 g/mol. The average Bonchev–Trinajstić information content (AvgIpc) is 3.02. The Kier molecular flexibility index (Phi) is 5.82. The molecule has 1 fully saturated rings. The average molecular weight is 467 g/mol. The number of fused-ring (bicyclic) bond motifs is 1. The molecule has 0 bridgehead atoms. The molecular weight excluding hydrogens is 447 g/mol. The molecular formula is C21H20F3N3O4S. The smallest absolute Gasteiger partial charge is 0.299 e. The van der Waals surface area contributed by atoms with E-state index in [4.69, 9.17) is 0 Å². The summed E-state index contributed by atoms with van der Waals surface area (Å²) < 4.78 is 64.9. The van der Waals surface area contributed by atoms with Gasteiger partial charge in [-0.05, 0) is 36.4 Å². The largest absolute Gasteiger partial charge is 0.416 e. The van der Waals surface area contributed by atoms with Crippen molar-refractivity contribution in [1.29, 1.82) is 0 Å². The van der Waals surface area contributed by atoms with Crippen LogP contribution in [0.4, 0.5) is 13.2 Å². The Morgan fingerprint density at radius 1 is 0.781 bits per heavy atom. The van der Waals surface area contributed by atoms with Crippen LogP contribution in [0.25, 0.3) is 0 Å². The number of amides is 2. The van der Waals surface area contributed by atoms with Gasteiger partial charge in [-0.15, -0.1) is 0 Å².